The molecule has 2 aliphatic carbocycles. The monoisotopic (exact) mass is 718 g/mol. The van der Waals surface area contributed by atoms with E-state index in [4.69, 9.17) is 21.1 Å². The zero-order chi connectivity index (χ0) is 34.9. The first-order valence-electron chi connectivity index (χ1n) is 17.9. The normalized spacial score (nSPS) is 29.7. The van der Waals surface area contributed by atoms with Gasteiger partial charge in [-0.05, 0) is 117 Å². The maximum Gasteiger partial charge on any atom is 0.264 e. The Balaban J connectivity index is 1.22. The second-order valence-electron chi connectivity index (χ2n) is 14.6. The van der Waals surface area contributed by atoms with Gasteiger partial charge in [-0.15, -0.1) is 0 Å². The van der Waals surface area contributed by atoms with E-state index in [0.717, 1.165) is 55.2 Å². The molecule has 1 fully saturated rings. The molecule has 3 aromatic rings. The summed E-state index contributed by atoms with van der Waals surface area (Å²) in [5, 5.41) is 3.31. The lowest BCUT2D eigenvalue weighted by Gasteiger charge is -2.46. The predicted molar refractivity (Wildman–Crippen MR) is 198 cm³/mol. The van der Waals surface area contributed by atoms with E-state index in [2.05, 4.69) is 44.2 Å². The molecule has 11 heteroatoms. The molecule has 2 bridgehead atoms. The number of hydrogen-bond donors (Lipinski definition) is 2. The third kappa shape index (κ3) is 7.25. The minimum atomic E-state index is -3.94. The number of carbonyl (C=O) groups excluding carboxylic acids is 1. The minimum Gasteiger partial charge on any atom is -0.490 e. The molecule has 1 spiro atoms. The number of amides is 1. The lowest BCUT2D eigenvalue weighted by molar-refractivity contribution is -0.00994. The number of benzene rings is 2. The molecule has 0 radical (unpaired) electrons. The Morgan fingerprint density at radius 3 is 2.82 bits per heavy atom. The number of allylic oxidation sites excluding steroid dienone is 1. The number of anilines is 2. The van der Waals surface area contributed by atoms with Gasteiger partial charge in [0.25, 0.3) is 5.91 Å². The molecule has 0 saturated heterocycles. The number of pyridine rings is 1. The molecule has 1 aromatic heterocycles. The van der Waals surface area contributed by atoms with Crippen molar-refractivity contribution in [2.24, 2.45) is 17.8 Å². The van der Waals surface area contributed by atoms with E-state index < -0.39 is 21.2 Å². The number of nitrogens with one attached hydrogen (secondary N) is 2. The molecule has 2 aromatic carbocycles. The standard InChI is InChI=1S/C39H47ClN4O5S/c1-26-7-5-9-35(48-20-19-42-37-10-3-4-18-41-37)32-14-11-30(32)23-44-24-39(17-6-8-28-21-31(40)13-15-33(28)39)25-49-36-16-12-29(22-34(36)44)38(45)43-50(46,47)27(26)2/h3-5,9-10,12-13,15-16,18,21-22,26-27,30,32,35H,6-8,11,14,17,19-20,23-25H2,1-2H3,(H,41,42)(H,43,45)/b9-5+/t26-,27+,30-,32+,35-,39-/m0/s1. The van der Waals surface area contributed by atoms with Crippen LogP contribution >= 0.6 is 11.6 Å². The van der Waals surface area contributed by atoms with Crippen molar-refractivity contribution < 1.29 is 22.7 Å². The van der Waals surface area contributed by atoms with E-state index in [1.165, 1.54) is 11.1 Å². The van der Waals surface area contributed by atoms with Crippen molar-refractivity contribution in [1.82, 2.24) is 9.71 Å². The molecule has 7 rings (SSSR count). The third-order valence-corrected chi connectivity index (χ3v) is 13.5. The molecule has 4 aliphatic rings. The zero-order valence-corrected chi connectivity index (χ0v) is 30.4. The fourth-order valence-corrected chi connectivity index (χ4v) is 9.64. The van der Waals surface area contributed by atoms with Crippen LogP contribution in [-0.2, 0) is 26.6 Å². The van der Waals surface area contributed by atoms with Crippen LogP contribution in [0.2, 0.25) is 5.02 Å². The van der Waals surface area contributed by atoms with Gasteiger partial charge in [-0.25, -0.2) is 18.1 Å². The van der Waals surface area contributed by atoms with Crippen LogP contribution in [0.3, 0.4) is 0 Å². The average Bonchev–Trinajstić information content (AvgIpc) is 3.24. The lowest BCUT2D eigenvalue weighted by atomic mass is 9.68. The fourth-order valence-electron chi connectivity index (χ4n) is 8.16. The summed E-state index contributed by atoms with van der Waals surface area (Å²) in [5.74, 6) is 1.32. The first-order valence-corrected chi connectivity index (χ1v) is 19.8. The van der Waals surface area contributed by atoms with Crippen LogP contribution < -0.4 is 19.7 Å². The number of sulfonamides is 1. The highest BCUT2D eigenvalue weighted by atomic mass is 35.5. The van der Waals surface area contributed by atoms with Crippen molar-refractivity contribution in [2.75, 3.05) is 43.1 Å². The summed E-state index contributed by atoms with van der Waals surface area (Å²) >= 11 is 6.46. The maximum absolute atomic E-state index is 13.5. The Morgan fingerprint density at radius 1 is 1.14 bits per heavy atom. The van der Waals surface area contributed by atoms with Crippen LogP contribution in [0, 0.1) is 17.8 Å². The minimum absolute atomic E-state index is 0.119. The number of ether oxygens (including phenoxy) is 2. The summed E-state index contributed by atoms with van der Waals surface area (Å²) in [6.07, 6.45) is 11.5. The number of nitrogens with zero attached hydrogens (tertiary/aromatic N) is 2. The van der Waals surface area contributed by atoms with Crippen molar-refractivity contribution in [3.8, 4) is 5.75 Å². The van der Waals surface area contributed by atoms with Gasteiger partial charge in [-0.2, -0.15) is 0 Å². The number of carbonyl (C=O) groups is 1. The first kappa shape index (κ1) is 34.8. The maximum atomic E-state index is 13.5. The Hall–Kier alpha value is -3.60. The van der Waals surface area contributed by atoms with Crippen LogP contribution in [0.1, 0.15) is 67.4 Å². The van der Waals surface area contributed by atoms with Crippen LogP contribution in [-0.4, -0.2) is 63.5 Å². The molecule has 50 heavy (non-hydrogen) atoms. The molecule has 1 amide bonds. The van der Waals surface area contributed by atoms with E-state index in [1.54, 1.807) is 19.2 Å². The lowest BCUT2D eigenvalue weighted by Crippen LogP contribution is -2.49. The van der Waals surface area contributed by atoms with Gasteiger partial charge < -0.3 is 19.7 Å². The van der Waals surface area contributed by atoms with Crippen molar-refractivity contribution in [3.05, 3.63) is 94.7 Å². The highest BCUT2D eigenvalue weighted by Gasteiger charge is 2.44. The van der Waals surface area contributed by atoms with Gasteiger partial charge >= 0.3 is 0 Å². The van der Waals surface area contributed by atoms with E-state index >= 15 is 0 Å². The summed E-state index contributed by atoms with van der Waals surface area (Å²) < 4.78 is 42.5. The topological polar surface area (TPSA) is 110 Å². The number of halogens is 1. The molecule has 3 heterocycles. The number of rotatable bonds is 5. The molecule has 0 unspecified atom stereocenters. The predicted octanol–water partition coefficient (Wildman–Crippen LogP) is 6.78. The van der Waals surface area contributed by atoms with E-state index in [9.17, 15) is 13.2 Å². The van der Waals surface area contributed by atoms with Gasteiger partial charge in [-0.3, -0.25) is 4.79 Å². The highest BCUT2D eigenvalue weighted by molar-refractivity contribution is 7.90. The van der Waals surface area contributed by atoms with E-state index in [-0.39, 0.29) is 23.4 Å². The molecular formula is C39H47ClN4O5S. The van der Waals surface area contributed by atoms with Crippen molar-refractivity contribution in [1.29, 1.82) is 0 Å². The Morgan fingerprint density at radius 2 is 2.02 bits per heavy atom. The van der Waals surface area contributed by atoms with Crippen LogP contribution in [0.15, 0.2) is 72.9 Å². The van der Waals surface area contributed by atoms with Crippen LogP contribution in [0.5, 0.6) is 5.75 Å². The first-order chi connectivity index (χ1) is 24.1. The molecular weight excluding hydrogens is 672 g/mol. The van der Waals surface area contributed by atoms with Crippen LogP contribution in [0.4, 0.5) is 11.5 Å². The second kappa shape index (κ2) is 14.6. The molecule has 2 N–H and O–H groups in total. The number of fused-ring (bicyclic) bond motifs is 4. The van der Waals surface area contributed by atoms with Crippen LogP contribution in [0.25, 0.3) is 0 Å². The van der Waals surface area contributed by atoms with Gasteiger partial charge in [0.2, 0.25) is 10.0 Å². The summed E-state index contributed by atoms with van der Waals surface area (Å²) in [6.45, 7) is 6.69. The Labute approximate surface area is 300 Å². The Kier molecular flexibility index (Phi) is 10.1. The summed E-state index contributed by atoms with van der Waals surface area (Å²) in [7, 11) is -3.94. The van der Waals surface area contributed by atoms with Gasteiger partial charge in [0.1, 0.15) is 11.6 Å². The van der Waals surface area contributed by atoms with Crippen molar-refractivity contribution in [3.63, 3.8) is 0 Å². The molecule has 6 atom stereocenters. The molecule has 2 aliphatic heterocycles. The smallest absolute Gasteiger partial charge is 0.264 e. The Bertz CT molecular complexity index is 1840. The average molecular weight is 719 g/mol. The van der Waals surface area contributed by atoms with Gasteiger partial charge in [0.05, 0.1) is 30.3 Å². The van der Waals surface area contributed by atoms with Gasteiger partial charge in [0, 0.05) is 41.8 Å². The fraction of sp³-hybridized carbons (Fsp3) is 0.487. The SMILES string of the molecule is C[C@@H]1[C@@H](C)C/C=C/[C@H](OCCNc2ccccn2)[C@@H]2CC[C@H]2CN2C[C@@]3(CCCc4cc(Cl)ccc43)COc3ccc(cc32)C(=O)NS1(=O)=O. The number of aryl methyl sites for hydroxylation is 1. The van der Waals surface area contributed by atoms with E-state index in [0.29, 0.717) is 50.0 Å². The molecule has 1 saturated carbocycles. The largest absolute Gasteiger partial charge is 0.490 e. The second-order valence-corrected chi connectivity index (χ2v) is 17.1. The summed E-state index contributed by atoms with van der Waals surface area (Å²) in [6, 6.07) is 17.3. The van der Waals surface area contributed by atoms with Crippen molar-refractivity contribution in [2.45, 2.75) is 69.1 Å². The zero-order valence-electron chi connectivity index (χ0n) is 28.8. The van der Waals surface area contributed by atoms with E-state index in [1.807, 2.05) is 43.3 Å². The summed E-state index contributed by atoms with van der Waals surface area (Å²) in [5.41, 5.74) is 3.39. The molecule has 266 valence electrons. The molecule has 9 nitrogen and oxygen atoms in total. The number of hydrogen-bond acceptors (Lipinski definition) is 8. The number of aromatic nitrogens is 1. The highest BCUT2D eigenvalue weighted by Crippen LogP contribution is 2.47. The third-order valence-electron chi connectivity index (χ3n) is 11.4. The summed E-state index contributed by atoms with van der Waals surface area (Å²) in [4.78, 5) is 20.3. The van der Waals surface area contributed by atoms with Crippen molar-refractivity contribution >= 4 is 39.0 Å². The van der Waals surface area contributed by atoms with Gasteiger partial charge in [0.15, 0.2) is 0 Å². The quantitative estimate of drug-likeness (QED) is 0.220. The van der Waals surface area contributed by atoms with Gasteiger partial charge in [-0.1, -0.05) is 42.8 Å².